The number of carboxylic acid groups (broad SMARTS) is 1. The lowest BCUT2D eigenvalue weighted by molar-refractivity contribution is -0.152. The van der Waals surface area contributed by atoms with Crippen molar-refractivity contribution in [3.05, 3.63) is 52.8 Å². The van der Waals surface area contributed by atoms with Gasteiger partial charge in [0.25, 0.3) is 17.9 Å². The van der Waals surface area contributed by atoms with E-state index < -0.39 is 64.1 Å². The first-order valence-corrected chi connectivity index (χ1v) is 17.5. The van der Waals surface area contributed by atoms with Crippen molar-refractivity contribution in [2.45, 2.75) is 55.7 Å². The molecule has 2 saturated heterocycles. The Kier molecular flexibility index (Phi) is 11.5. The number of carboxylic acids is 1. The molecule has 2 aromatic rings. The lowest BCUT2D eigenvalue weighted by atomic mass is 9.98. The van der Waals surface area contributed by atoms with Gasteiger partial charge in [-0.25, -0.2) is 9.10 Å². The van der Waals surface area contributed by atoms with Gasteiger partial charge >= 0.3 is 16.3 Å². The van der Waals surface area contributed by atoms with Crippen molar-refractivity contribution in [1.29, 1.82) is 0 Å². The molecule has 1 unspecified atom stereocenters. The molecule has 1 aromatic carbocycles. The number of hydrogen-bond donors (Lipinski definition) is 8. The fourth-order valence-corrected chi connectivity index (χ4v) is 6.62. The number of piperidine rings is 1. The fraction of sp³-hybridized carbons (Fsp3) is 0.444. The second-order valence-electron chi connectivity index (χ2n) is 11.2. The molecule has 0 aliphatic carbocycles. The maximum Gasteiger partial charge on any atom is 0.362 e. The number of oxime groups is 1. The number of amides is 2. The van der Waals surface area contributed by atoms with Gasteiger partial charge in [0, 0.05) is 17.5 Å². The van der Waals surface area contributed by atoms with E-state index in [0.29, 0.717) is 22.8 Å². The molecule has 23 heteroatoms. The normalized spacial score (nSPS) is 22.3. The SMILES string of the molecule is NCc1cnn(C[C@@H]2[C@H](NC(=O)/C(=N\O[C@@H](COc3ccc(C(N)=NC4CCNCC4)cc3)C(=O)O)C3=CSC(N)N3)C(=O)N2S(=O)(=O)O)n1. The third kappa shape index (κ3) is 8.85. The summed E-state index contributed by atoms with van der Waals surface area (Å²) in [5.74, 6) is -3.01. The molecule has 2 amide bonds. The highest BCUT2D eigenvalue weighted by molar-refractivity contribution is 8.02. The Hall–Kier alpha value is -4.81. The Labute approximate surface area is 289 Å². The van der Waals surface area contributed by atoms with E-state index in [4.69, 9.17) is 26.8 Å². The van der Waals surface area contributed by atoms with Crippen LogP contribution >= 0.6 is 11.8 Å². The molecule has 3 aliphatic rings. The molecule has 270 valence electrons. The first kappa shape index (κ1) is 36.5. The molecular formula is C27H36N12O9S2. The number of aromatic nitrogens is 3. The lowest BCUT2D eigenvalue weighted by Crippen LogP contribution is -2.73. The van der Waals surface area contributed by atoms with Crippen molar-refractivity contribution >= 4 is 51.4 Å². The van der Waals surface area contributed by atoms with E-state index in [2.05, 4.69) is 36.3 Å². The maximum atomic E-state index is 13.5. The third-order valence-corrected chi connectivity index (χ3v) is 9.41. The topological polar surface area (TPSA) is 317 Å². The summed E-state index contributed by atoms with van der Waals surface area (Å²) in [4.78, 5) is 49.2. The van der Waals surface area contributed by atoms with E-state index in [1.807, 2.05) is 0 Å². The molecule has 4 atom stereocenters. The van der Waals surface area contributed by atoms with E-state index >= 15 is 0 Å². The standard InChI is InChI=1S/C27H36N12O9S2/c28-9-16-10-32-38(36-16)11-19-22(25(41)39(19)50(44,45)46)35-24(40)21(18-13-49-27(30)34-18)37-48-20(26(42)43)12-47-17-3-1-14(2-4-17)23(29)33-15-5-7-31-8-6-15/h1-4,10,13,15,19-20,22,27,31,34H,5-9,11-12,28,30H2,(H2,29,33)(H,35,40)(H,42,43)(H,44,45,46)/b37-21-/t19-,20+,22+,27?/m1/s1. The molecule has 0 spiro atoms. The molecule has 50 heavy (non-hydrogen) atoms. The molecule has 2 fully saturated rings. The van der Waals surface area contributed by atoms with Gasteiger partial charge in [0.15, 0.2) is 5.71 Å². The van der Waals surface area contributed by atoms with E-state index in [1.54, 1.807) is 24.3 Å². The van der Waals surface area contributed by atoms with Crippen molar-refractivity contribution in [1.82, 2.24) is 35.2 Å². The number of nitrogens with one attached hydrogen (secondary N) is 3. The van der Waals surface area contributed by atoms with Crippen LogP contribution in [-0.4, -0.2) is 116 Å². The van der Waals surface area contributed by atoms with Crippen LogP contribution in [-0.2, 0) is 42.6 Å². The van der Waals surface area contributed by atoms with Gasteiger partial charge < -0.3 is 47.8 Å². The highest BCUT2D eigenvalue weighted by Gasteiger charge is 2.54. The van der Waals surface area contributed by atoms with Crippen LogP contribution in [0.3, 0.4) is 0 Å². The van der Waals surface area contributed by atoms with Gasteiger partial charge in [-0.15, -0.1) is 0 Å². The van der Waals surface area contributed by atoms with Gasteiger partial charge in [0.05, 0.1) is 30.2 Å². The third-order valence-electron chi connectivity index (χ3n) is 7.68. The van der Waals surface area contributed by atoms with E-state index in [9.17, 15) is 32.5 Å². The molecule has 3 aliphatic heterocycles. The number of carbonyl (C=O) groups is 3. The van der Waals surface area contributed by atoms with Gasteiger partial charge in [-0.2, -0.15) is 23.4 Å². The minimum atomic E-state index is -5.02. The summed E-state index contributed by atoms with van der Waals surface area (Å²) >= 11 is 1.07. The number of amidine groups is 1. The number of nitrogens with two attached hydrogens (primary N) is 3. The number of hydrogen-bond acceptors (Lipinski definition) is 16. The Morgan fingerprint density at radius 3 is 2.54 bits per heavy atom. The van der Waals surface area contributed by atoms with Gasteiger partial charge in [0.2, 0.25) is 0 Å². The van der Waals surface area contributed by atoms with E-state index in [-0.39, 0.29) is 29.1 Å². The van der Waals surface area contributed by atoms with Crippen LogP contribution in [0.5, 0.6) is 5.75 Å². The molecule has 5 rings (SSSR count). The molecule has 1 aromatic heterocycles. The number of carbonyl (C=O) groups excluding carboxylic acids is 2. The molecular weight excluding hydrogens is 701 g/mol. The summed E-state index contributed by atoms with van der Waals surface area (Å²) in [5, 5.41) is 31.4. The van der Waals surface area contributed by atoms with Crippen LogP contribution in [0.4, 0.5) is 0 Å². The number of ether oxygens (including phenoxy) is 1. The maximum absolute atomic E-state index is 13.5. The zero-order chi connectivity index (χ0) is 36.0. The summed E-state index contributed by atoms with van der Waals surface area (Å²) in [6, 6.07) is 3.83. The van der Waals surface area contributed by atoms with Gasteiger partial charge in [0.1, 0.15) is 35.8 Å². The molecule has 21 nitrogen and oxygen atoms in total. The number of aliphatic imine (C=N–C) groups is 1. The molecule has 11 N–H and O–H groups in total. The quantitative estimate of drug-likeness (QED) is 0.0297. The number of rotatable bonds is 15. The minimum absolute atomic E-state index is 0.0284. The average Bonchev–Trinajstić information content (AvgIpc) is 3.73. The number of benzene rings is 1. The predicted octanol–water partition coefficient (Wildman–Crippen LogP) is -2.98. The lowest BCUT2D eigenvalue weighted by Gasteiger charge is -2.43. The van der Waals surface area contributed by atoms with Gasteiger partial charge in [-0.1, -0.05) is 16.9 Å². The van der Waals surface area contributed by atoms with Crippen molar-refractivity contribution < 1.29 is 42.0 Å². The predicted molar refractivity (Wildman–Crippen MR) is 177 cm³/mol. The van der Waals surface area contributed by atoms with Crippen molar-refractivity contribution in [3.8, 4) is 5.75 Å². The Morgan fingerprint density at radius 2 is 1.94 bits per heavy atom. The van der Waals surface area contributed by atoms with E-state index in [0.717, 1.165) is 42.5 Å². The zero-order valence-corrected chi connectivity index (χ0v) is 27.9. The largest absolute Gasteiger partial charge is 0.489 e. The molecule has 0 saturated carbocycles. The van der Waals surface area contributed by atoms with E-state index in [1.165, 1.54) is 11.6 Å². The van der Waals surface area contributed by atoms with Crippen LogP contribution in [0.1, 0.15) is 24.1 Å². The summed E-state index contributed by atoms with van der Waals surface area (Å²) in [5.41, 5.74) is 17.4. The summed E-state index contributed by atoms with van der Waals surface area (Å²) in [7, 11) is -5.02. The van der Waals surface area contributed by atoms with Crippen LogP contribution in [0.15, 0.2) is 51.7 Å². The molecule has 0 bridgehead atoms. The minimum Gasteiger partial charge on any atom is -0.489 e. The number of β-lactam (4-membered cyclic amide) rings is 1. The summed E-state index contributed by atoms with van der Waals surface area (Å²) in [6.07, 6.45) is 1.39. The smallest absolute Gasteiger partial charge is 0.362 e. The van der Waals surface area contributed by atoms with Crippen molar-refractivity contribution in [3.63, 3.8) is 0 Å². The average molecular weight is 737 g/mol. The second-order valence-corrected chi connectivity index (χ2v) is 13.5. The number of aliphatic carboxylic acids is 1. The van der Waals surface area contributed by atoms with Crippen LogP contribution < -0.4 is 37.9 Å². The van der Waals surface area contributed by atoms with Crippen LogP contribution in [0, 0.1) is 0 Å². The summed E-state index contributed by atoms with van der Waals surface area (Å²) in [6.45, 7) is 0.899. The number of nitrogens with zero attached hydrogens (tertiary/aromatic N) is 6. The first-order chi connectivity index (χ1) is 23.8. The van der Waals surface area contributed by atoms with Gasteiger partial charge in [-0.05, 0) is 50.2 Å². The molecule has 0 radical (unpaired) electrons. The highest BCUT2D eigenvalue weighted by atomic mass is 32.2. The van der Waals surface area contributed by atoms with Gasteiger partial charge in [-0.3, -0.25) is 19.1 Å². The second kappa shape index (κ2) is 15.8. The molecule has 4 heterocycles. The summed E-state index contributed by atoms with van der Waals surface area (Å²) < 4.78 is 39.3. The number of thioether (sulfide) groups is 1. The van der Waals surface area contributed by atoms with Crippen molar-refractivity contribution in [2.24, 2.45) is 27.3 Å². The fourth-order valence-electron chi connectivity index (χ4n) is 5.10. The first-order valence-electron chi connectivity index (χ1n) is 15.2. The monoisotopic (exact) mass is 736 g/mol. The Morgan fingerprint density at radius 1 is 1.22 bits per heavy atom. The highest BCUT2D eigenvalue weighted by Crippen LogP contribution is 2.26. The zero-order valence-electron chi connectivity index (χ0n) is 26.3. The van der Waals surface area contributed by atoms with Crippen LogP contribution in [0.2, 0.25) is 0 Å². The van der Waals surface area contributed by atoms with Crippen molar-refractivity contribution in [2.75, 3.05) is 19.7 Å². The van der Waals surface area contributed by atoms with Crippen LogP contribution in [0.25, 0.3) is 0 Å². The Balaban J connectivity index is 1.27. The Bertz CT molecular complexity index is 1780.